The predicted octanol–water partition coefficient (Wildman–Crippen LogP) is 1.92. The highest BCUT2D eigenvalue weighted by Gasteiger charge is 2.61. The molecule has 5 rings (SSSR count). The molecule has 1 aromatic carbocycles. The number of carbonyl (C=O) groups is 3. The minimum Gasteiger partial charge on any atom is -0.378 e. The van der Waals surface area contributed by atoms with Gasteiger partial charge in [-0.05, 0) is 43.4 Å². The molecule has 182 valence electrons. The van der Waals surface area contributed by atoms with Crippen molar-refractivity contribution in [3.05, 3.63) is 34.9 Å². The van der Waals surface area contributed by atoms with Gasteiger partial charge in [-0.15, -0.1) is 0 Å². The van der Waals surface area contributed by atoms with E-state index in [1.54, 1.807) is 12.1 Å². The number of nitrogens with zero attached hydrogens (tertiary/aromatic N) is 2. The molecule has 0 aromatic heterocycles. The molecule has 1 aliphatic carbocycles. The van der Waals surface area contributed by atoms with Crippen LogP contribution in [-0.4, -0.2) is 58.3 Å². The molecule has 1 aromatic rings. The van der Waals surface area contributed by atoms with Gasteiger partial charge in [0.2, 0.25) is 11.8 Å². The molecule has 3 N–H and O–H groups in total. The molecule has 2 bridgehead atoms. The first-order chi connectivity index (χ1) is 16.1. The quantitative estimate of drug-likeness (QED) is 0.557. The summed E-state index contributed by atoms with van der Waals surface area (Å²) in [5.74, 6) is -7.05. The molecule has 3 heterocycles. The summed E-state index contributed by atoms with van der Waals surface area (Å²) in [7, 11) is 0. The van der Waals surface area contributed by atoms with E-state index in [-0.39, 0.29) is 35.8 Å². The molecule has 4 fully saturated rings. The number of rotatable bonds is 6. The summed E-state index contributed by atoms with van der Waals surface area (Å²) in [6, 6.07) is 4.35. The van der Waals surface area contributed by atoms with Crippen LogP contribution in [-0.2, 0) is 14.4 Å². The van der Waals surface area contributed by atoms with Crippen LogP contribution in [0.4, 0.5) is 8.78 Å². The molecule has 6 atom stereocenters. The Kier molecular flexibility index (Phi) is 6.78. The van der Waals surface area contributed by atoms with E-state index in [4.69, 9.17) is 11.6 Å². The summed E-state index contributed by atoms with van der Waals surface area (Å²) < 4.78 is 29.6. The molecular weight excluding hydrogens is 470 g/mol. The Morgan fingerprint density at radius 3 is 2.74 bits per heavy atom. The second kappa shape index (κ2) is 9.47. The van der Waals surface area contributed by atoms with Crippen molar-refractivity contribution in [1.29, 1.82) is 5.26 Å². The number of nitriles is 1. The first-order valence-corrected chi connectivity index (χ1v) is 11.6. The summed E-state index contributed by atoms with van der Waals surface area (Å²) >= 11 is 5.95. The molecule has 0 spiro atoms. The lowest BCUT2D eigenvalue weighted by molar-refractivity contribution is -0.198. The maximum Gasteiger partial charge on any atom is 0.256 e. The summed E-state index contributed by atoms with van der Waals surface area (Å²) in [5, 5.41) is 25.6. The molecule has 11 heteroatoms. The maximum atomic E-state index is 14.8. The van der Waals surface area contributed by atoms with E-state index in [1.165, 1.54) is 12.1 Å². The molecule has 0 unspecified atom stereocenters. The Balaban J connectivity index is 1.58. The highest BCUT2D eigenvalue weighted by Crippen LogP contribution is 2.49. The van der Waals surface area contributed by atoms with E-state index < -0.39 is 60.2 Å². The van der Waals surface area contributed by atoms with Crippen LogP contribution in [0.2, 0.25) is 5.02 Å². The van der Waals surface area contributed by atoms with Crippen molar-refractivity contribution in [2.75, 3.05) is 6.54 Å². The first kappa shape index (κ1) is 24.4. The second-order valence-electron chi connectivity index (χ2n) is 9.15. The number of alkyl halides is 2. The van der Waals surface area contributed by atoms with Crippen molar-refractivity contribution in [2.45, 2.75) is 62.3 Å². The molecule has 0 radical (unpaired) electrons. The second-order valence-corrected chi connectivity index (χ2v) is 9.59. The lowest BCUT2D eigenvalue weighted by atomic mass is 9.71. The van der Waals surface area contributed by atoms with Gasteiger partial charge in [0.05, 0.1) is 12.0 Å². The monoisotopic (exact) mass is 494 g/mol. The number of hydrogen-bond donors (Lipinski definition) is 3. The molecule has 4 aliphatic rings. The van der Waals surface area contributed by atoms with Gasteiger partial charge < -0.3 is 20.6 Å². The van der Waals surface area contributed by atoms with E-state index in [0.717, 1.165) is 4.90 Å². The number of piperidine rings is 2. The van der Waals surface area contributed by atoms with Crippen LogP contribution < -0.4 is 10.6 Å². The normalized spacial score (nSPS) is 29.1. The lowest BCUT2D eigenvalue weighted by Crippen LogP contribution is -2.69. The molecule has 3 aliphatic heterocycles. The van der Waals surface area contributed by atoms with Crippen LogP contribution in [0, 0.1) is 23.2 Å². The highest BCUT2D eigenvalue weighted by molar-refractivity contribution is 6.30. The average molecular weight is 495 g/mol. The van der Waals surface area contributed by atoms with Gasteiger partial charge in [-0.3, -0.25) is 14.4 Å². The van der Waals surface area contributed by atoms with Crippen LogP contribution in [0.25, 0.3) is 0 Å². The molecule has 3 amide bonds. The maximum absolute atomic E-state index is 14.8. The lowest BCUT2D eigenvalue weighted by Gasteiger charge is -2.54. The Bertz CT molecular complexity index is 1030. The molecule has 1 saturated carbocycles. The fourth-order valence-electron chi connectivity index (χ4n) is 5.34. The summed E-state index contributed by atoms with van der Waals surface area (Å²) in [4.78, 5) is 39.4. The standard InChI is InChI=1S/C23H25ClF2N4O4/c24-14-3-1-2-12(8-14)19(31)22(34)30-16-4-5-17(23(25,26)10-16)18(30)21(33)29-15(11-27)9-13-6-7-28-20(13)32/h1-3,8,13,15-19,31H,4-7,9-10H2,(H,28,32)(H,29,33)/t13-,15-,16+,17+,18+,19-/m0/s1. The number of hydrogen-bond acceptors (Lipinski definition) is 5. The van der Waals surface area contributed by atoms with Gasteiger partial charge >= 0.3 is 0 Å². The van der Waals surface area contributed by atoms with Gasteiger partial charge in [0.15, 0.2) is 6.10 Å². The van der Waals surface area contributed by atoms with E-state index in [0.29, 0.717) is 13.0 Å². The van der Waals surface area contributed by atoms with Crippen LogP contribution in [0.15, 0.2) is 24.3 Å². The largest absolute Gasteiger partial charge is 0.378 e. The van der Waals surface area contributed by atoms with Crippen LogP contribution >= 0.6 is 11.6 Å². The van der Waals surface area contributed by atoms with Gasteiger partial charge in [0, 0.05) is 29.9 Å². The Hall–Kier alpha value is -2.77. The predicted molar refractivity (Wildman–Crippen MR) is 116 cm³/mol. The van der Waals surface area contributed by atoms with E-state index in [1.807, 2.05) is 6.07 Å². The van der Waals surface area contributed by atoms with Gasteiger partial charge in [0.1, 0.15) is 12.1 Å². The van der Waals surface area contributed by atoms with Gasteiger partial charge in [-0.25, -0.2) is 8.78 Å². The molecule has 3 saturated heterocycles. The Morgan fingerprint density at radius 2 is 2.12 bits per heavy atom. The van der Waals surface area contributed by atoms with Crippen LogP contribution in [0.3, 0.4) is 0 Å². The average Bonchev–Trinajstić information content (AvgIpc) is 3.20. The number of carbonyl (C=O) groups excluding carboxylic acids is 3. The number of aliphatic hydroxyl groups is 1. The molecule has 8 nitrogen and oxygen atoms in total. The Labute approximate surface area is 200 Å². The van der Waals surface area contributed by atoms with Crippen molar-refractivity contribution >= 4 is 29.3 Å². The number of aliphatic hydroxyl groups excluding tert-OH is 1. The number of benzene rings is 1. The van der Waals surface area contributed by atoms with Crippen molar-refractivity contribution in [1.82, 2.24) is 15.5 Å². The van der Waals surface area contributed by atoms with Crippen molar-refractivity contribution in [2.24, 2.45) is 11.8 Å². The van der Waals surface area contributed by atoms with Gasteiger partial charge in [-0.2, -0.15) is 5.26 Å². The SMILES string of the molecule is N#C[C@H](C[C@@H]1CCNC1=O)NC(=O)[C@H]1[C@H]2CC[C@H](CC2(F)F)N1C(=O)[C@@H](O)c1cccc(Cl)c1. The van der Waals surface area contributed by atoms with E-state index in [2.05, 4.69) is 10.6 Å². The fraction of sp³-hybridized carbons (Fsp3) is 0.565. The number of fused-ring (bicyclic) bond motifs is 3. The summed E-state index contributed by atoms with van der Waals surface area (Å²) in [5.41, 5.74) is 0.187. The smallest absolute Gasteiger partial charge is 0.256 e. The van der Waals surface area contributed by atoms with Crippen LogP contribution in [0.1, 0.15) is 43.8 Å². The third-order valence-electron chi connectivity index (χ3n) is 7.01. The topological polar surface area (TPSA) is 123 Å². The highest BCUT2D eigenvalue weighted by atomic mass is 35.5. The number of nitrogens with one attached hydrogen (secondary N) is 2. The zero-order valence-corrected chi connectivity index (χ0v) is 19.0. The number of halogens is 3. The molecular formula is C23H25ClF2N4O4. The van der Waals surface area contributed by atoms with Crippen molar-refractivity contribution in [3.63, 3.8) is 0 Å². The van der Waals surface area contributed by atoms with Crippen molar-refractivity contribution < 1.29 is 28.3 Å². The summed E-state index contributed by atoms with van der Waals surface area (Å²) in [6.45, 7) is 0.470. The zero-order valence-electron chi connectivity index (χ0n) is 18.2. The fourth-order valence-corrected chi connectivity index (χ4v) is 5.54. The summed E-state index contributed by atoms with van der Waals surface area (Å²) in [6.07, 6.45) is -1.41. The minimum absolute atomic E-state index is 0.0368. The third kappa shape index (κ3) is 4.59. The zero-order chi connectivity index (χ0) is 24.6. The van der Waals surface area contributed by atoms with Crippen molar-refractivity contribution in [3.8, 4) is 6.07 Å². The van der Waals surface area contributed by atoms with E-state index >= 15 is 0 Å². The van der Waals surface area contributed by atoms with Crippen LogP contribution in [0.5, 0.6) is 0 Å². The first-order valence-electron chi connectivity index (χ1n) is 11.2. The third-order valence-corrected chi connectivity index (χ3v) is 7.25. The Morgan fingerprint density at radius 1 is 1.35 bits per heavy atom. The molecule has 34 heavy (non-hydrogen) atoms. The minimum atomic E-state index is -3.17. The van der Waals surface area contributed by atoms with Gasteiger partial charge in [-0.1, -0.05) is 23.7 Å². The van der Waals surface area contributed by atoms with E-state index in [9.17, 15) is 33.5 Å². The number of amides is 3. The van der Waals surface area contributed by atoms with Gasteiger partial charge in [0.25, 0.3) is 11.8 Å².